The molecule has 0 amide bonds. The van der Waals surface area contributed by atoms with E-state index < -0.39 is 11.8 Å². The van der Waals surface area contributed by atoms with E-state index in [1.807, 2.05) is 0 Å². The van der Waals surface area contributed by atoms with E-state index in [1.165, 1.54) is 18.2 Å². The molecule has 1 aromatic rings. The Hall–Kier alpha value is -2.17. The van der Waals surface area contributed by atoms with Crippen molar-refractivity contribution >= 4 is 11.9 Å². The molecule has 0 aromatic heterocycles. The van der Waals surface area contributed by atoms with Gasteiger partial charge < -0.3 is 9.64 Å². The monoisotopic (exact) mass is 234 g/mol. The maximum absolute atomic E-state index is 13.0. The van der Waals surface area contributed by atoms with Crippen LogP contribution in [0.2, 0.25) is 0 Å². The van der Waals surface area contributed by atoms with E-state index in [4.69, 9.17) is 4.74 Å². The minimum atomic E-state index is -0.530. The van der Waals surface area contributed by atoms with Crippen LogP contribution in [0.3, 0.4) is 0 Å². The highest BCUT2D eigenvalue weighted by Crippen LogP contribution is 2.16. The van der Waals surface area contributed by atoms with E-state index in [0.29, 0.717) is 5.56 Å². The summed E-state index contributed by atoms with van der Waals surface area (Å²) in [4.78, 5) is 17.2. The first-order chi connectivity index (χ1) is 8.06. The number of nitrogens with zero attached hydrogens (tertiary/aromatic N) is 2. The number of esters is 1. The van der Waals surface area contributed by atoms with Gasteiger partial charge in [-0.15, -0.1) is 0 Å². The van der Waals surface area contributed by atoms with Gasteiger partial charge >= 0.3 is 5.97 Å². The molecule has 1 aliphatic rings. The lowest BCUT2D eigenvalue weighted by Crippen LogP contribution is -2.08. The van der Waals surface area contributed by atoms with Crippen molar-refractivity contribution in [3.05, 3.63) is 47.5 Å². The van der Waals surface area contributed by atoms with Gasteiger partial charge in [-0.25, -0.2) is 14.2 Å². The van der Waals surface area contributed by atoms with Crippen LogP contribution < -0.4 is 0 Å². The van der Waals surface area contributed by atoms with Crippen LogP contribution in [0.1, 0.15) is 5.56 Å². The molecule has 0 radical (unpaired) electrons. The van der Waals surface area contributed by atoms with Crippen LogP contribution in [0.4, 0.5) is 4.39 Å². The van der Waals surface area contributed by atoms with Crippen LogP contribution >= 0.6 is 0 Å². The normalized spacial score (nSPS) is 17.0. The first-order valence-corrected chi connectivity index (χ1v) is 5.01. The topological polar surface area (TPSA) is 41.9 Å². The highest BCUT2D eigenvalue weighted by molar-refractivity contribution is 6.11. The lowest BCUT2D eigenvalue weighted by molar-refractivity contribution is -0.130. The summed E-state index contributed by atoms with van der Waals surface area (Å²) in [5.74, 6) is -0.799. The lowest BCUT2D eigenvalue weighted by atomic mass is 10.2. The van der Waals surface area contributed by atoms with Gasteiger partial charge in [-0.3, -0.25) is 0 Å². The number of benzene rings is 1. The predicted octanol–water partition coefficient (Wildman–Crippen LogP) is 1.53. The second-order valence-corrected chi connectivity index (χ2v) is 3.79. The van der Waals surface area contributed by atoms with Crippen molar-refractivity contribution < 1.29 is 13.9 Å². The molecule has 5 heteroatoms. The zero-order valence-electron chi connectivity index (χ0n) is 9.48. The number of rotatable bonds is 2. The number of hydrogen-bond acceptors (Lipinski definition) is 4. The average molecular weight is 234 g/mol. The summed E-state index contributed by atoms with van der Waals surface area (Å²) in [5, 5.41) is 0. The molecular formula is C12H11FN2O2. The summed E-state index contributed by atoms with van der Waals surface area (Å²) in [6.45, 7) is 0. The van der Waals surface area contributed by atoms with E-state index in [9.17, 15) is 9.18 Å². The van der Waals surface area contributed by atoms with Crippen LogP contribution in [0, 0.1) is 5.82 Å². The number of ether oxygens (including phenoxy) is 1. The Morgan fingerprint density at radius 1 is 1.41 bits per heavy atom. The molecule has 2 rings (SSSR count). The second kappa shape index (κ2) is 4.37. The van der Waals surface area contributed by atoms with Gasteiger partial charge in [-0.2, -0.15) is 0 Å². The van der Waals surface area contributed by atoms with Crippen LogP contribution in [0.15, 0.2) is 41.2 Å². The van der Waals surface area contributed by atoms with Crippen molar-refractivity contribution in [2.75, 3.05) is 14.1 Å². The fourth-order valence-corrected chi connectivity index (χ4v) is 1.39. The number of halogens is 1. The van der Waals surface area contributed by atoms with Crippen molar-refractivity contribution in [3.63, 3.8) is 0 Å². The van der Waals surface area contributed by atoms with Gasteiger partial charge in [0.05, 0.1) is 0 Å². The molecule has 0 saturated heterocycles. The Balaban J connectivity index is 2.33. The Bertz CT molecular complexity index is 521. The summed E-state index contributed by atoms with van der Waals surface area (Å²) in [6.07, 6.45) is 1.55. The van der Waals surface area contributed by atoms with Crippen molar-refractivity contribution in [2.24, 2.45) is 4.99 Å². The Kier molecular flexibility index (Phi) is 2.91. The molecule has 0 bridgehead atoms. The van der Waals surface area contributed by atoms with E-state index in [-0.39, 0.29) is 11.6 Å². The summed E-state index contributed by atoms with van der Waals surface area (Å²) >= 11 is 0. The number of hydrogen-bond donors (Lipinski definition) is 0. The van der Waals surface area contributed by atoms with Gasteiger partial charge in [0.25, 0.3) is 0 Å². The molecule has 0 saturated carbocycles. The van der Waals surface area contributed by atoms with E-state index >= 15 is 0 Å². The number of aliphatic imine (C=N–C) groups is 1. The summed E-state index contributed by atoms with van der Waals surface area (Å²) < 4.78 is 18.0. The first-order valence-electron chi connectivity index (χ1n) is 5.01. The fourth-order valence-electron chi connectivity index (χ4n) is 1.39. The van der Waals surface area contributed by atoms with Crippen molar-refractivity contribution in [2.45, 2.75) is 0 Å². The van der Waals surface area contributed by atoms with Crippen LogP contribution in [-0.2, 0) is 9.53 Å². The highest BCUT2D eigenvalue weighted by atomic mass is 19.1. The maximum atomic E-state index is 13.0. The van der Waals surface area contributed by atoms with Crippen molar-refractivity contribution in [1.82, 2.24) is 4.90 Å². The zero-order chi connectivity index (χ0) is 12.4. The summed E-state index contributed by atoms with van der Waals surface area (Å²) in [5.41, 5.74) is 0.648. The van der Waals surface area contributed by atoms with Crippen molar-refractivity contribution in [3.8, 4) is 0 Å². The first kappa shape index (κ1) is 11.3. The largest absolute Gasteiger partial charge is 0.402 e. The van der Waals surface area contributed by atoms with Gasteiger partial charge in [0, 0.05) is 25.9 Å². The molecule has 1 heterocycles. The molecule has 0 aliphatic carbocycles. The molecular weight excluding hydrogens is 223 g/mol. The van der Waals surface area contributed by atoms with Gasteiger partial charge in [-0.1, -0.05) is 6.07 Å². The lowest BCUT2D eigenvalue weighted by Gasteiger charge is -2.02. The molecule has 17 heavy (non-hydrogen) atoms. The average Bonchev–Trinajstić information content (AvgIpc) is 2.59. The molecule has 0 N–H and O–H groups in total. The predicted molar refractivity (Wildman–Crippen MR) is 60.8 cm³/mol. The Morgan fingerprint density at radius 2 is 2.18 bits per heavy atom. The minimum Gasteiger partial charge on any atom is -0.402 e. The van der Waals surface area contributed by atoms with E-state index in [2.05, 4.69) is 4.99 Å². The smallest absolute Gasteiger partial charge is 0.365 e. The molecule has 0 fully saturated rings. The third kappa shape index (κ3) is 2.50. The molecule has 4 nitrogen and oxygen atoms in total. The SMILES string of the molecule is CN(C)C=C1N=C(c2cccc(F)c2)OC1=O. The number of carbonyl (C=O) groups excluding carboxylic acids is 1. The third-order valence-electron chi connectivity index (χ3n) is 2.07. The molecule has 0 unspecified atom stereocenters. The Labute approximate surface area is 98.0 Å². The summed E-state index contributed by atoms with van der Waals surface area (Å²) in [7, 11) is 3.55. The van der Waals surface area contributed by atoms with Gasteiger partial charge in [0.15, 0.2) is 5.70 Å². The Morgan fingerprint density at radius 3 is 2.82 bits per heavy atom. The van der Waals surface area contributed by atoms with Crippen LogP contribution in [0.5, 0.6) is 0 Å². The minimum absolute atomic E-state index is 0.127. The maximum Gasteiger partial charge on any atom is 0.365 e. The molecule has 88 valence electrons. The standard InChI is InChI=1S/C12H11FN2O2/c1-15(2)7-10-12(16)17-11(14-10)8-4-3-5-9(13)6-8/h3-7H,1-2H3. The molecule has 1 aromatic carbocycles. The second-order valence-electron chi connectivity index (χ2n) is 3.79. The van der Waals surface area contributed by atoms with Crippen LogP contribution in [-0.4, -0.2) is 30.9 Å². The molecule has 1 aliphatic heterocycles. The third-order valence-corrected chi connectivity index (χ3v) is 2.07. The highest BCUT2D eigenvalue weighted by Gasteiger charge is 2.24. The van der Waals surface area contributed by atoms with Gasteiger partial charge in [0.2, 0.25) is 5.90 Å². The number of cyclic esters (lactones) is 1. The van der Waals surface area contributed by atoms with E-state index in [0.717, 1.165) is 0 Å². The van der Waals surface area contributed by atoms with Gasteiger partial charge in [0.1, 0.15) is 5.82 Å². The summed E-state index contributed by atoms with van der Waals surface area (Å²) in [6, 6.07) is 5.75. The quantitative estimate of drug-likeness (QED) is 0.575. The van der Waals surface area contributed by atoms with Crippen molar-refractivity contribution in [1.29, 1.82) is 0 Å². The zero-order valence-corrected chi connectivity index (χ0v) is 9.48. The fraction of sp³-hybridized carbons (Fsp3) is 0.167. The van der Waals surface area contributed by atoms with Crippen LogP contribution in [0.25, 0.3) is 0 Å². The van der Waals surface area contributed by atoms with E-state index in [1.54, 1.807) is 31.3 Å². The molecule has 0 spiro atoms. The molecule has 0 atom stereocenters. The van der Waals surface area contributed by atoms with Gasteiger partial charge in [-0.05, 0) is 18.2 Å². The number of carbonyl (C=O) groups is 1.